The first-order valence-corrected chi connectivity index (χ1v) is 6.52. The van der Waals surface area contributed by atoms with Crippen molar-refractivity contribution in [1.29, 1.82) is 0 Å². The zero-order valence-electron chi connectivity index (χ0n) is 11.2. The van der Waals surface area contributed by atoms with E-state index in [0.29, 0.717) is 12.8 Å². The van der Waals surface area contributed by atoms with Crippen molar-refractivity contribution in [1.82, 2.24) is 4.90 Å². The van der Waals surface area contributed by atoms with Gasteiger partial charge in [-0.25, -0.2) is 9.59 Å². The van der Waals surface area contributed by atoms with E-state index >= 15 is 0 Å². The molecule has 2 aliphatic heterocycles. The largest absolute Gasteiger partial charge is 0.479 e. The predicted molar refractivity (Wildman–Crippen MR) is 65.3 cm³/mol. The number of aliphatic carboxylic acids is 1. The van der Waals surface area contributed by atoms with E-state index < -0.39 is 23.2 Å². The van der Waals surface area contributed by atoms with E-state index in [4.69, 9.17) is 4.74 Å². The van der Waals surface area contributed by atoms with Gasteiger partial charge in [-0.05, 0) is 33.6 Å². The zero-order valence-corrected chi connectivity index (χ0v) is 11.2. The molecule has 102 valence electrons. The van der Waals surface area contributed by atoms with Crippen molar-refractivity contribution in [3.63, 3.8) is 0 Å². The summed E-state index contributed by atoms with van der Waals surface area (Å²) in [5, 5.41) is 9.43. The monoisotopic (exact) mass is 255 g/mol. The van der Waals surface area contributed by atoms with Gasteiger partial charge in [0.05, 0.1) is 0 Å². The van der Waals surface area contributed by atoms with Crippen LogP contribution in [0.25, 0.3) is 0 Å². The number of fused-ring (bicyclic) bond motifs is 3. The van der Waals surface area contributed by atoms with Gasteiger partial charge in [-0.3, -0.25) is 4.90 Å². The number of rotatable bonds is 1. The summed E-state index contributed by atoms with van der Waals surface area (Å²) in [5.41, 5.74) is -1.60. The Morgan fingerprint density at radius 1 is 1.33 bits per heavy atom. The first-order chi connectivity index (χ1) is 8.26. The number of ether oxygens (including phenoxy) is 1. The molecule has 0 radical (unpaired) electrons. The molecule has 1 N–H and O–H groups in total. The average molecular weight is 255 g/mol. The van der Waals surface area contributed by atoms with Crippen LogP contribution in [0.4, 0.5) is 4.79 Å². The van der Waals surface area contributed by atoms with E-state index in [2.05, 4.69) is 0 Å². The molecule has 3 rings (SSSR count). The van der Waals surface area contributed by atoms with Crippen molar-refractivity contribution in [3.05, 3.63) is 0 Å². The Bertz CT molecular complexity index is 370. The van der Waals surface area contributed by atoms with E-state index in [1.807, 2.05) is 0 Å². The molecule has 2 bridgehead atoms. The molecule has 2 unspecified atom stereocenters. The molecule has 0 aromatic carbocycles. The molecule has 2 saturated heterocycles. The van der Waals surface area contributed by atoms with Gasteiger partial charge in [-0.15, -0.1) is 0 Å². The number of nitrogens with zero attached hydrogens (tertiary/aromatic N) is 1. The maximum atomic E-state index is 12.2. The van der Waals surface area contributed by atoms with Gasteiger partial charge in [0.2, 0.25) is 0 Å². The topological polar surface area (TPSA) is 66.8 Å². The fraction of sp³-hybridized carbons (Fsp3) is 0.846. The third-order valence-corrected chi connectivity index (χ3v) is 3.77. The lowest BCUT2D eigenvalue weighted by molar-refractivity contribution is -0.167. The van der Waals surface area contributed by atoms with Crippen LogP contribution < -0.4 is 0 Å². The van der Waals surface area contributed by atoms with Gasteiger partial charge in [-0.2, -0.15) is 0 Å². The number of carbonyl (C=O) groups excluding carboxylic acids is 1. The number of carbonyl (C=O) groups is 2. The average Bonchev–Trinajstić information content (AvgIpc) is 2.44. The van der Waals surface area contributed by atoms with Gasteiger partial charge in [0.1, 0.15) is 11.1 Å². The minimum atomic E-state index is -1.01. The van der Waals surface area contributed by atoms with Crippen molar-refractivity contribution in [3.8, 4) is 0 Å². The maximum absolute atomic E-state index is 12.2. The Balaban J connectivity index is 2.20. The minimum Gasteiger partial charge on any atom is -0.479 e. The van der Waals surface area contributed by atoms with Crippen LogP contribution >= 0.6 is 0 Å². The molecular weight excluding hydrogens is 234 g/mol. The molecule has 3 fully saturated rings. The normalized spacial score (nSPS) is 31.3. The second-order valence-electron chi connectivity index (χ2n) is 6.29. The highest BCUT2D eigenvalue weighted by atomic mass is 16.6. The molecule has 2 atom stereocenters. The number of amides is 1. The molecule has 1 aliphatic carbocycles. The van der Waals surface area contributed by atoms with Crippen LogP contribution in [0.15, 0.2) is 0 Å². The van der Waals surface area contributed by atoms with Crippen LogP contribution in [-0.2, 0) is 9.53 Å². The molecule has 5 nitrogen and oxygen atoms in total. The summed E-state index contributed by atoms with van der Waals surface area (Å²) in [6, 6.07) is 0.0402. The fourth-order valence-electron chi connectivity index (χ4n) is 3.00. The van der Waals surface area contributed by atoms with Crippen LogP contribution in [0, 0.1) is 0 Å². The van der Waals surface area contributed by atoms with Gasteiger partial charge in [0.25, 0.3) is 0 Å². The predicted octanol–water partition coefficient (Wildman–Crippen LogP) is 2.39. The molecule has 1 saturated carbocycles. The zero-order chi connectivity index (χ0) is 13.6. The van der Waals surface area contributed by atoms with Gasteiger partial charge in [0, 0.05) is 12.5 Å². The molecule has 0 aromatic heterocycles. The van der Waals surface area contributed by atoms with Crippen LogP contribution in [-0.4, -0.2) is 39.3 Å². The minimum absolute atomic E-state index is 0.0402. The number of carboxylic acid groups (broad SMARTS) is 1. The third-order valence-electron chi connectivity index (χ3n) is 3.77. The summed E-state index contributed by atoms with van der Waals surface area (Å²) >= 11 is 0. The highest BCUT2D eigenvalue weighted by Crippen LogP contribution is 2.46. The lowest BCUT2D eigenvalue weighted by Crippen LogP contribution is -2.71. The summed E-state index contributed by atoms with van der Waals surface area (Å²) in [6.07, 6.45) is 3.36. The van der Waals surface area contributed by atoms with Crippen molar-refractivity contribution in [2.24, 2.45) is 0 Å². The molecule has 0 spiro atoms. The highest BCUT2D eigenvalue weighted by molar-refractivity contribution is 5.87. The molecule has 0 aromatic rings. The smallest absolute Gasteiger partial charge is 0.411 e. The van der Waals surface area contributed by atoms with Crippen LogP contribution in [0.5, 0.6) is 0 Å². The van der Waals surface area contributed by atoms with Crippen LogP contribution in [0.1, 0.15) is 52.9 Å². The Morgan fingerprint density at radius 3 is 2.56 bits per heavy atom. The quantitative estimate of drug-likeness (QED) is 0.781. The number of hydrogen-bond acceptors (Lipinski definition) is 3. The van der Waals surface area contributed by atoms with Crippen LogP contribution in [0.2, 0.25) is 0 Å². The molecule has 1 amide bonds. The summed E-state index contributed by atoms with van der Waals surface area (Å²) in [4.78, 5) is 25.1. The molecule has 18 heavy (non-hydrogen) atoms. The molecule has 2 heterocycles. The number of carboxylic acids is 1. The molecule has 5 heteroatoms. The lowest BCUT2D eigenvalue weighted by Gasteiger charge is -2.53. The Labute approximate surface area is 107 Å². The summed E-state index contributed by atoms with van der Waals surface area (Å²) < 4.78 is 5.33. The Hall–Kier alpha value is -1.26. The first-order valence-electron chi connectivity index (χ1n) is 6.52. The van der Waals surface area contributed by atoms with Crippen molar-refractivity contribution in [2.45, 2.75) is 70.1 Å². The fourth-order valence-corrected chi connectivity index (χ4v) is 3.00. The maximum Gasteiger partial charge on any atom is 0.411 e. The van der Waals surface area contributed by atoms with Crippen molar-refractivity contribution in [2.75, 3.05) is 0 Å². The van der Waals surface area contributed by atoms with Gasteiger partial charge in [0.15, 0.2) is 0 Å². The standard InChI is InChI=1S/C13H21NO4/c1-12(2,3)18-11(17)14-9-6-4-5-7-13(14,8-9)10(15)16/h9H,4-8H2,1-3H3,(H,15,16). The first kappa shape index (κ1) is 13.2. The number of hydrogen-bond donors (Lipinski definition) is 1. The van der Waals surface area contributed by atoms with E-state index in [-0.39, 0.29) is 6.04 Å². The van der Waals surface area contributed by atoms with E-state index in [0.717, 1.165) is 19.3 Å². The molecular formula is C13H21NO4. The van der Waals surface area contributed by atoms with Gasteiger partial charge < -0.3 is 9.84 Å². The summed E-state index contributed by atoms with van der Waals surface area (Å²) in [7, 11) is 0. The Kier molecular flexibility index (Phi) is 3.03. The van der Waals surface area contributed by atoms with Crippen LogP contribution in [0.3, 0.4) is 0 Å². The van der Waals surface area contributed by atoms with E-state index in [1.54, 1.807) is 20.8 Å². The van der Waals surface area contributed by atoms with Gasteiger partial charge in [-0.1, -0.05) is 12.8 Å². The van der Waals surface area contributed by atoms with Crippen molar-refractivity contribution >= 4 is 12.1 Å². The SMILES string of the molecule is CC(C)(C)OC(=O)N1C2CCCCC1(C(=O)O)C2. The summed E-state index contributed by atoms with van der Waals surface area (Å²) in [6.45, 7) is 5.38. The van der Waals surface area contributed by atoms with Crippen molar-refractivity contribution < 1.29 is 19.4 Å². The highest BCUT2D eigenvalue weighted by Gasteiger charge is 2.60. The second-order valence-corrected chi connectivity index (χ2v) is 6.29. The third kappa shape index (κ3) is 2.06. The lowest BCUT2D eigenvalue weighted by atomic mass is 9.77. The van der Waals surface area contributed by atoms with Gasteiger partial charge >= 0.3 is 12.1 Å². The van der Waals surface area contributed by atoms with E-state index in [1.165, 1.54) is 4.90 Å². The second kappa shape index (κ2) is 4.14. The molecule has 3 aliphatic rings. The van der Waals surface area contributed by atoms with E-state index in [9.17, 15) is 14.7 Å². The Morgan fingerprint density at radius 2 is 2.00 bits per heavy atom. The summed E-state index contributed by atoms with van der Waals surface area (Å²) in [5.74, 6) is -0.897.